The maximum absolute atomic E-state index is 6.45. The monoisotopic (exact) mass is 700 g/mol. The molecule has 0 amide bonds. The van der Waals surface area contributed by atoms with Crippen molar-refractivity contribution in [2.24, 2.45) is 0 Å². The predicted octanol–water partition coefficient (Wildman–Crippen LogP) is 14.3. The third-order valence-electron chi connectivity index (χ3n) is 11.5. The zero-order valence-electron chi connectivity index (χ0n) is 29.8. The zero-order valence-corrected chi connectivity index (χ0v) is 29.8. The van der Waals surface area contributed by atoms with Crippen molar-refractivity contribution in [3.8, 4) is 33.6 Å². The van der Waals surface area contributed by atoms with E-state index < -0.39 is 0 Å². The van der Waals surface area contributed by atoms with Crippen molar-refractivity contribution in [1.29, 1.82) is 0 Å². The lowest BCUT2D eigenvalue weighted by Crippen LogP contribution is -1.94. The summed E-state index contributed by atoms with van der Waals surface area (Å²) in [5, 5.41) is 9.57. The summed E-state index contributed by atoms with van der Waals surface area (Å²) in [5.41, 5.74) is 13.6. The van der Waals surface area contributed by atoms with Crippen molar-refractivity contribution in [2.75, 3.05) is 0 Å². The molecule has 55 heavy (non-hydrogen) atoms. The molecule has 12 aromatic rings. The third-order valence-corrected chi connectivity index (χ3v) is 11.5. The highest BCUT2D eigenvalue weighted by Gasteiger charge is 2.19. The fraction of sp³-hybridized carbons (Fsp3) is 0. The minimum absolute atomic E-state index is 0.905. The molecule has 0 atom stereocenters. The van der Waals surface area contributed by atoms with Crippen LogP contribution in [0.5, 0.6) is 0 Å². The first kappa shape index (κ1) is 30.1. The molecule has 0 unspecified atom stereocenters. The average Bonchev–Trinajstić information content (AvgIpc) is 3.89. The Kier molecular flexibility index (Phi) is 6.34. The van der Waals surface area contributed by atoms with Gasteiger partial charge < -0.3 is 13.6 Å². The van der Waals surface area contributed by atoms with Gasteiger partial charge in [0, 0.05) is 43.7 Å². The Morgan fingerprint density at radius 3 is 1.71 bits per heavy atom. The van der Waals surface area contributed by atoms with Gasteiger partial charge in [-0.1, -0.05) is 121 Å². The zero-order chi connectivity index (χ0) is 36.0. The standard InChI is InChI=1S/C52H32N2O/c1-2-11-33(12-3-1)36-15-10-16-39(27-36)53-47-19-8-6-17-41(47)43-29-37(22-25-48(43)53)38-23-26-49-44(30-38)45-32-52-46(42-18-7-9-20-51(42)55-52)31-50(45)54(49)40-24-21-34-13-4-5-14-35(34)28-40/h1-32H. The van der Waals surface area contributed by atoms with E-state index in [4.69, 9.17) is 4.42 Å². The van der Waals surface area contributed by atoms with Crippen LogP contribution < -0.4 is 0 Å². The van der Waals surface area contributed by atoms with E-state index in [1.54, 1.807) is 0 Å². The van der Waals surface area contributed by atoms with Gasteiger partial charge in [0.1, 0.15) is 11.2 Å². The minimum Gasteiger partial charge on any atom is -0.456 e. The van der Waals surface area contributed by atoms with Gasteiger partial charge in [0.15, 0.2) is 0 Å². The van der Waals surface area contributed by atoms with Gasteiger partial charge in [0.25, 0.3) is 0 Å². The summed E-state index contributed by atoms with van der Waals surface area (Å²) in [6.45, 7) is 0. The van der Waals surface area contributed by atoms with Crippen LogP contribution in [0.4, 0.5) is 0 Å². The number of aromatic nitrogens is 2. The number of rotatable bonds is 4. The highest BCUT2D eigenvalue weighted by atomic mass is 16.3. The van der Waals surface area contributed by atoms with Crippen LogP contribution in [-0.4, -0.2) is 9.13 Å². The molecule has 0 N–H and O–H groups in total. The van der Waals surface area contributed by atoms with E-state index in [1.165, 1.54) is 71.1 Å². The lowest BCUT2D eigenvalue weighted by atomic mass is 10.0. The summed E-state index contributed by atoms with van der Waals surface area (Å²) in [7, 11) is 0. The van der Waals surface area contributed by atoms with E-state index in [2.05, 4.69) is 197 Å². The number of hydrogen-bond acceptors (Lipinski definition) is 1. The maximum atomic E-state index is 6.45. The number of nitrogens with zero attached hydrogens (tertiary/aromatic N) is 2. The summed E-state index contributed by atoms with van der Waals surface area (Å²) in [6, 6.07) is 70.4. The van der Waals surface area contributed by atoms with Gasteiger partial charge in [-0.05, 0) is 106 Å². The molecular weight excluding hydrogens is 669 g/mol. The van der Waals surface area contributed by atoms with Crippen LogP contribution >= 0.6 is 0 Å². The molecule has 3 nitrogen and oxygen atoms in total. The second kappa shape index (κ2) is 11.6. The van der Waals surface area contributed by atoms with Gasteiger partial charge in [-0.3, -0.25) is 0 Å². The summed E-state index contributed by atoms with van der Waals surface area (Å²) in [5.74, 6) is 0. The van der Waals surface area contributed by atoms with Crippen LogP contribution in [0.3, 0.4) is 0 Å². The van der Waals surface area contributed by atoms with Crippen molar-refractivity contribution >= 4 is 76.3 Å². The van der Waals surface area contributed by atoms with Gasteiger partial charge in [-0.15, -0.1) is 0 Å². The fourth-order valence-corrected chi connectivity index (χ4v) is 8.90. The molecule has 0 radical (unpaired) electrons. The second-order valence-electron chi connectivity index (χ2n) is 14.6. The minimum atomic E-state index is 0.905. The highest BCUT2D eigenvalue weighted by molar-refractivity contribution is 6.18. The van der Waals surface area contributed by atoms with Crippen LogP contribution in [0.25, 0.3) is 110 Å². The van der Waals surface area contributed by atoms with Crippen LogP contribution in [-0.2, 0) is 0 Å². The molecule has 3 heteroatoms. The maximum Gasteiger partial charge on any atom is 0.136 e. The topological polar surface area (TPSA) is 23.0 Å². The molecule has 0 fully saturated rings. The molecule has 3 aromatic heterocycles. The Hall–Kier alpha value is -7.36. The Balaban J connectivity index is 1.07. The first-order valence-corrected chi connectivity index (χ1v) is 18.8. The Labute approximate surface area is 316 Å². The number of para-hydroxylation sites is 2. The molecule has 0 bridgehead atoms. The summed E-state index contributed by atoms with van der Waals surface area (Å²) < 4.78 is 11.3. The van der Waals surface area contributed by atoms with Crippen molar-refractivity contribution < 1.29 is 4.42 Å². The molecular formula is C52H32N2O. The van der Waals surface area contributed by atoms with Crippen molar-refractivity contribution in [3.63, 3.8) is 0 Å². The molecule has 0 saturated carbocycles. The lowest BCUT2D eigenvalue weighted by Gasteiger charge is -2.11. The molecule has 0 aliphatic rings. The molecule has 256 valence electrons. The van der Waals surface area contributed by atoms with Crippen LogP contribution in [0, 0.1) is 0 Å². The number of furan rings is 1. The number of fused-ring (bicyclic) bond motifs is 10. The quantitative estimate of drug-likeness (QED) is 0.179. The number of benzene rings is 9. The third kappa shape index (κ3) is 4.57. The summed E-state index contributed by atoms with van der Waals surface area (Å²) in [6.07, 6.45) is 0. The Morgan fingerprint density at radius 1 is 0.273 bits per heavy atom. The highest BCUT2D eigenvalue weighted by Crippen LogP contribution is 2.41. The Morgan fingerprint density at radius 2 is 0.873 bits per heavy atom. The van der Waals surface area contributed by atoms with E-state index in [1.807, 2.05) is 6.07 Å². The van der Waals surface area contributed by atoms with E-state index in [0.717, 1.165) is 38.8 Å². The lowest BCUT2D eigenvalue weighted by molar-refractivity contribution is 0.669. The first-order valence-electron chi connectivity index (χ1n) is 18.8. The average molecular weight is 701 g/mol. The van der Waals surface area contributed by atoms with Crippen molar-refractivity contribution in [3.05, 3.63) is 194 Å². The molecule has 9 aromatic carbocycles. The van der Waals surface area contributed by atoms with Crippen molar-refractivity contribution in [2.45, 2.75) is 0 Å². The van der Waals surface area contributed by atoms with Gasteiger partial charge in [-0.2, -0.15) is 0 Å². The smallest absolute Gasteiger partial charge is 0.136 e. The van der Waals surface area contributed by atoms with E-state index in [9.17, 15) is 0 Å². The summed E-state index contributed by atoms with van der Waals surface area (Å²) >= 11 is 0. The fourth-order valence-electron chi connectivity index (χ4n) is 8.90. The molecule has 0 spiro atoms. The molecule has 0 saturated heterocycles. The molecule has 0 aliphatic carbocycles. The molecule has 12 rings (SSSR count). The largest absolute Gasteiger partial charge is 0.456 e. The van der Waals surface area contributed by atoms with Gasteiger partial charge in [0.05, 0.1) is 22.1 Å². The molecule has 3 heterocycles. The van der Waals surface area contributed by atoms with E-state index in [-0.39, 0.29) is 0 Å². The van der Waals surface area contributed by atoms with Crippen LogP contribution in [0.15, 0.2) is 199 Å². The van der Waals surface area contributed by atoms with Crippen LogP contribution in [0.1, 0.15) is 0 Å². The summed E-state index contributed by atoms with van der Waals surface area (Å²) in [4.78, 5) is 0. The van der Waals surface area contributed by atoms with E-state index in [0.29, 0.717) is 0 Å². The normalized spacial score (nSPS) is 12.0. The van der Waals surface area contributed by atoms with Gasteiger partial charge >= 0.3 is 0 Å². The van der Waals surface area contributed by atoms with Crippen molar-refractivity contribution in [1.82, 2.24) is 9.13 Å². The second-order valence-corrected chi connectivity index (χ2v) is 14.6. The SMILES string of the molecule is c1ccc(-c2cccc(-n3c4ccccc4c4cc(-c5ccc6c(c5)c5cc7oc8ccccc8c7cc5n6-c5ccc6ccccc6c5)ccc43)c2)cc1. The first-order chi connectivity index (χ1) is 27.2. The Bertz CT molecular complexity index is 3490. The van der Waals surface area contributed by atoms with Gasteiger partial charge in [-0.25, -0.2) is 0 Å². The van der Waals surface area contributed by atoms with Gasteiger partial charge in [0.2, 0.25) is 0 Å². The van der Waals surface area contributed by atoms with E-state index >= 15 is 0 Å². The predicted molar refractivity (Wildman–Crippen MR) is 231 cm³/mol. The number of hydrogen-bond donors (Lipinski definition) is 0. The van der Waals surface area contributed by atoms with Crippen LogP contribution in [0.2, 0.25) is 0 Å². The molecule has 0 aliphatic heterocycles.